The number of carbonyl (C=O) groups excluding carboxylic acids is 1. The number of nitrogens with one attached hydrogen (secondary N) is 1. The summed E-state index contributed by atoms with van der Waals surface area (Å²) in [5.74, 6) is -0.648. The van der Waals surface area contributed by atoms with E-state index in [4.69, 9.17) is 0 Å². The third-order valence-electron chi connectivity index (χ3n) is 1.97. The number of nitrogens with zero attached hydrogens (tertiary/aromatic N) is 2. The number of esters is 1. The Balaban J connectivity index is 2.31. The molecule has 0 unspecified atom stereocenters. The lowest BCUT2D eigenvalue weighted by Gasteiger charge is -1.94. The second kappa shape index (κ2) is 4.09. The van der Waals surface area contributed by atoms with Gasteiger partial charge in [0.25, 0.3) is 0 Å². The molecule has 2 aromatic heterocycles. The molecule has 0 fully saturated rings. The summed E-state index contributed by atoms with van der Waals surface area (Å²) in [6.45, 7) is 0. The van der Waals surface area contributed by atoms with Crippen LogP contribution < -0.4 is 0 Å². The average Bonchev–Trinajstić information content (AvgIpc) is 2.78. The molecule has 0 saturated carbocycles. The zero-order chi connectivity index (χ0) is 11.5. The van der Waals surface area contributed by atoms with E-state index in [0.717, 1.165) is 12.4 Å². The van der Waals surface area contributed by atoms with Crippen molar-refractivity contribution in [3.05, 3.63) is 36.0 Å². The van der Waals surface area contributed by atoms with Crippen LogP contribution in [0.4, 0.5) is 4.39 Å². The van der Waals surface area contributed by atoms with Crippen LogP contribution in [0.2, 0.25) is 0 Å². The molecule has 0 radical (unpaired) electrons. The Bertz CT molecular complexity index is 507. The van der Waals surface area contributed by atoms with Crippen LogP contribution in [0.25, 0.3) is 11.5 Å². The fourth-order valence-corrected chi connectivity index (χ4v) is 1.21. The summed E-state index contributed by atoms with van der Waals surface area (Å²) in [6.07, 6.45) is 3.59. The van der Waals surface area contributed by atoms with Crippen LogP contribution in [0, 0.1) is 5.82 Å². The first-order valence-corrected chi connectivity index (χ1v) is 4.45. The topological polar surface area (TPSA) is 67.9 Å². The Morgan fingerprint density at radius 1 is 1.44 bits per heavy atom. The lowest BCUT2D eigenvalue weighted by Crippen LogP contribution is -1.98. The molecule has 0 aliphatic heterocycles. The Labute approximate surface area is 90.3 Å². The largest absolute Gasteiger partial charge is 0.465 e. The van der Waals surface area contributed by atoms with Gasteiger partial charge in [0.05, 0.1) is 30.8 Å². The van der Waals surface area contributed by atoms with E-state index in [2.05, 4.69) is 19.7 Å². The number of aromatic nitrogens is 3. The zero-order valence-electron chi connectivity index (χ0n) is 8.40. The molecule has 0 bridgehead atoms. The van der Waals surface area contributed by atoms with E-state index < -0.39 is 11.8 Å². The Kier molecular flexibility index (Phi) is 2.63. The summed E-state index contributed by atoms with van der Waals surface area (Å²) in [4.78, 5) is 21.5. The maximum absolute atomic E-state index is 12.6. The van der Waals surface area contributed by atoms with Crippen molar-refractivity contribution < 1.29 is 13.9 Å². The van der Waals surface area contributed by atoms with Crippen molar-refractivity contribution in [2.75, 3.05) is 7.11 Å². The van der Waals surface area contributed by atoms with E-state index in [1.54, 1.807) is 6.07 Å². The van der Waals surface area contributed by atoms with Gasteiger partial charge in [-0.05, 0) is 6.07 Å². The highest BCUT2D eigenvalue weighted by molar-refractivity contribution is 5.90. The second-order valence-corrected chi connectivity index (χ2v) is 3.02. The molecular weight excluding hydrogens is 213 g/mol. The first kappa shape index (κ1) is 10.3. The lowest BCUT2D eigenvalue weighted by molar-refractivity contribution is 0.0601. The van der Waals surface area contributed by atoms with E-state index in [-0.39, 0.29) is 0 Å². The van der Waals surface area contributed by atoms with Gasteiger partial charge in [-0.15, -0.1) is 0 Å². The molecule has 2 aromatic rings. The highest BCUT2D eigenvalue weighted by Crippen LogP contribution is 2.14. The Hall–Kier alpha value is -2.24. The van der Waals surface area contributed by atoms with Crippen LogP contribution in [0.1, 0.15) is 10.4 Å². The van der Waals surface area contributed by atoms with Gasteiger partial charge in [-0.2, -0.15) is 0 Å². The molecule has 5 nitrogen and oxygen atoms in total. The number of methoxy groups -OCH3 is 1. The van der Waals surface area contributed by atoms with E-state index in [9.17, 15) is 9.18 Å². The number of hydrogen-bond acceptors (Lipinski definition) is 4. The summed E-state index contributed by atoms with van der Waals surface area (Å²) in [5, 5.41) is 0. The first-order valence-electron chi connectivity index (χ1n) is 4.45. The van der Waals surface area contributed by atoms with Crippen molar-refractivity contribution in [1.29, 1.82) is 0 Å². The van der Waals surface area contributed by atoms with E-state index in [0.29, 0.717) is 17.1 Å². The monoisotopic (exact) mass is 221 g/mol. The van der Waals surface area contributed by atoms with Gasteiger partial charge in [-0.3, -0.25) is 0 Å². The molecule has 0 spiro atoms. The fraction of sp³-hybridized carbons (Fsp3) is 0.100. The molecule has 0 amide bonds. The molecule has 82 valence electrons. The molecule has 16 heavy (non-hydrogen) atoms. The number of halogens is 1. The minimum absolute atomic E-state index is 0.316. The van der Waals surface area contributed by atoms with Crippen LogP contribution in [-0.4, -0.2) is 28.0 Å². The number of carbonyl (C=O) groups is 1. The molecule has 0 saturated heterocycles. The summed E-state index contributed by atoms with van der Waals surface area (Å²) < 4.78 is 17.1. The van der Waals surface area contributed by atoms with Crippen molar-refractivity contribution in [3.8, 4) is 11.5 Å². The third-order valence-corrected chi connectivity index (χ3v) is 1.97. The van der Waals surface area contributed by atoms with Crippen LogP contribution in [0.15, 0.2) is 24.7 Å². The lowest BCUT2D eigenvalue weighted by atomic mass is 10.3. The normalized spacial score (nSPS) is 10.1. The van der Waals surface area contributed by atoms with Crippen LogP contribution in [0.3, 0.4) is 0 Å². The molecule has 0 aliphatic rings. The standard InChI is InChI=1S/C10H8FN3O2/c1-16-10(15)6-2-8(12-3-6)9-13-4-7(11)5-14-9/h2-5,12H,1H3. The fourth-order valence-electron chi connectivity index (χ4n) is 1.21. The maximum Gasteiger partial charge on any atom is 0.339 e. The van der Waals surface area contributed by atoms with Gasteiger partial charge in [0.1, 0.15) is 0 Å². The van der Waals surface area contributed by atoms with Gasteiger partial charge >= 0.3 is 5.97 Å². The van der Waals surface area contributed by atoms with Crippen LogP contribution in [-0.2, 0) is 4.74 Å². The van der Waals surface area contributed by atoms with E-state index in [1.807, 2.05) is 0 Å². The van der Waals surface area contributed by atoms with Crippen molar-refractivity contribution in [2.24, 2.45) is 0 Å². The summed E-state index contributed by atoms with van der Waals surface area (Å²) in [7, 11) is 1.30. The first-order chi connectivity index (χ1) is 7.70. The summed E-state index contributed by atoms with van der Waals surface area (Å²) >= 11 is 0. The second-order valence-electron chi connectivity index (χ2n) is 3.02. The third kappa shape index (κ3) is 1.90. The SMILES string of the molecule is COC(=O)c1c[nH]c(-c2ncc(F)cn2)c1. The van der Waals surface area contributed by atoms with Gasteiger partial charge in [-0.1, -0.05) is 0 Å². The number of aromatic amines is 1. The average molecular weight is 221 g/mol. The molecule has 0 aliphatic carbocycles. The van der Waals surface area contributed by atoms with Crippen molar-refractivity contribution >= 4 is 5.97 Å². The van der Waals surface area contributed by atoms with Crippen molar-refractivity contribution in [1.82, 2.24) is 15.0 Å². The number of ether oxygens (including phenoxy) is 1. The van der Waals surface area contributed by atoms with Crippen molar-refractivity contribution in [3.63, 3.8) is 0 Å². The Morgan fingerprint density at radius 2 is 2.12 bits per heavy atom. The molecular formula is C10H8FN3O2. The predicted octanol–water partition coefficient (Wildman–Crippen LogP) is 1.40. The number of H-pyrrole nitrogens is 1. The minimum Gasteiger partial charge on any atom is -0.465 e. The number of hydrogen-bond donors (Lipinski definition) is 1. The highest BCUT2D eigenvalue weighted by Gasteiger charge is 2.10. The van der Waals surface area contributed by atoms with Gasteiger partial charge < -0.3 is 9.72 Å². The predicted molar refractivity (Wildman–Crippen MR) is 53.1 cm³/mol. The van der Waals surface area contributed by atoms with Crippen LogP contribution in [0.5, 0.6) is 0 Å². The molecule has 2 rings (SSSR count). The highest BCUT2D eigenvalue weighted by atomic mass is 19.1. The van der Waals surface area contributed by atoms with Gasteiger partial charge in [0, 0.05) is 6.20 Å². The van der Waals surface area contributed by atoms with Crippen LogP contribution >= 0.6 is 0 Å². The molecule has 1 N–H and O–H groups in total. The summed E-state index contributed by atoms with van der Waals surface area (Å²) in [6, 6.07) is 1.54. The molecule has 2 heterocycles. The minimum atomic E-state index is -0.511. The molecule has 0 aromatic carbocycles. The molecule has 6 heteroatoms. The van der Waals surface area contributed by atoms with Crippen molar-refractivity contribution in [2.45, 2.75) is 0 Å². The number of rotatable bonds is 2. The quantitative estimate of drug-likeness (QED) is 0.778. The van der Waals surface area contributed by atoms with Gasteiger partial charge in [0.15, 0.2) is 11.6 Å². The van der Waals surface area contributed by atoms with Gasteiger partial charge in [-0.25, -0.2) is 19.2 Å². The zero-order valence-corrected chi connectivity index (χ0v) is 8.40. The van der Waals surface area contributed by atoms with E-state index in [1.165, 1.54) is 13.3 Å². The maximum atomic E-state index is 12.6. The van der Waals surface area contributed by atoms with Gasteiger partial charge in [0.2, 0.25) is 0 Å². The summed E-state index contributed by atoms with van der Waals surface area (Å²) in [5.41, 5.74) is 0.894. The molecule has 0 atom stereocenters. The smallest absolute Gasteiger partial charge is 0.339 e. The Morgan fingerprint density at radius 3 is 2.75 bits per heavy atom. The van der Waals surface area contributed by atoms with E-state index >= 15 is 0 Å².